The van der Waals surface area contributed by atoms with E-state index in [-0.39, 0.29) is 11.4 Å². The molecule has 0 fully saturated rings. The number of aromatic nitrogens is 1. The second-order valence-corrected chi connectivity index (χ2v) is 4.40. The van der Waals surface area contributed by atoms with Gasteiger partial charge in [0.05, 0.1) is 4.92 Å². The first-order valence-corrected chi connectivity index (χ1v) is 5.81. The molecule has 0 aliphatic rings. The summed E-state index contributed by atoms with van der Waals surface area (Å²) in [6.45, 7) is 0. The van der Waals surface area contributed by atoms with E-state index in [2.05, 4.69) is 4.98 Å². The minimum atomic E-state index is -0.609. The van der Waals surface area contributed by atoms with Crippen LogP contribution in [0.1, 0.15) is 5.69 Å². The van der Waals surface area contributed by atoms with Crippen LogP contribution in [0.15, 0.2) is 52.4 Å². The molecule has 6 heteroatoms. The van der Waals surface area contributed by atoms with Crippen LogP contribution < -0.4 is 0 Å². The lowest BCUT2D eigenvalue weighted by molar-refractivity contribution is -0.385. The van der Waals surface area contributed by atoms with Crippen molar-refractivity contribution in [1.82, 2.24) is 4.98 Å². The quantitative estimate of drug-likeness (QED) is 0.623. The highest BCUT2D eigenvalue weighted by atomic mass is 32.2. The van der Waals surface area contributed by atoms with Gasteiger partial charge in [0.15, 0.2) is 0 Å². The topological polar surface area (TPSA) is 79.8 Å². The predicted molar refractivity (Wildman–Crippen MR) is 66.2 cm³/mol. The Morgan fingerprint density at radius 1 is 1.22 bits per heavy atom. The van der Waals surface area contributed by atoms with Crippen molar-refractivity contribution in [3.05, 3.63) is 58.3 Å². The molecule has 0 atom stereocenters. The van der Waals surface area contributed by atoms with Crippen LogP contribution >= 0.6 is 11.8 Å². The average molecular weight is 257 g/mol. The van der Waals surface area contributed by atoms with Gasteiger partial charge >= 0.3 is 5.69 Å². The van der Waals surface area contributed by atoms with Crippen LogP contribution in [-0.2, 0) is 0 Å². The van der Waals surface area contributed by atoms with Crippen LogP contribution in [0.25, 0.3) is 0 Å². The van der Waals surface area contributed by atoms with E-state index >= 15 is 0 Å². The third kappa shape index (κ3) is 2.64. The lowest BCUT2D eigenvalue weighted by Crippen LogP contribution is -1.95. The van der Waals surface area contributed by atoms with Crippen LogP contribution in [0, 0.1) is 21.4 Å². The molecule has 0 spiro atoms. The average Bonchev–Trinajstić information content (AvgIpc) is 2.39. The highest BCUT2D eigenvalue weighted by molar-refractivity contribution is 7.99. The lowest BCUT2D eigenvalue weighted by Gasteiger charge is -2.01. The molecule has 0 amide bonds. The number of nitro groups is 1. The van der Waals surface area contributed by atoms with E-state index in [4.69, 9.17) is 5.26 Å². The Labute approximate surface area is 107 Å². The van der Waals surface area contributed by atoms with Crippen LogP contribution in [0.4, 0.5) is 5.69 Å². The van der Waals surface area contributed by atoms with E-state index in [9.17, 15) is 10.1 Å². The van der Waals surface area contributed by atoms with E-state index in [1.54, 1.807) is 6.07 Å². The summed E-state index contributed by atoms with van der Waals surface area (Å²) in [6.07, 6.45) is 0. The number of nitriles is 1. The van der Waals surface area contributed by atoms with Crippen molar-refractivity contribution >= 4 is 17.4 Å². The fraction of sp³-hybridized carbons (Fsp3) is 0. The molecule has 0 saturated carbocycles. The first-order chi connectivity index (χ1) is 8.70. The Kier molecular flexibility index (Phi) is 3.55. The molecule has 1 aromatic carbocycles. The largest absolute Gasteiger partial charge is 0.305 e. The maximum Gasteiger partial charge on any atom is 0.305 e. The molecule has 18 heavy (non-hydrogen) atoms. The third-order valence-corrected chi connectivity index (χ3v) is 3.06. The summed E-state index contributed by atoms with van der Waals surface area (Å²) in [7, 11) is 0. The maximum absolute atomic E-state index is 10.7. The lowest BCUT2D eigenvalue weighted by atomic mass is 10.3. The van der Waals surface area contributed by atoms with Gasteiger partial charge in [0.2, 0.25) is 5.69 Å². The van der Waals surface area contributed by atoms with E-state index in [0.717, 1.165) is 4.90 Å². The van der Waals surface area contributed by atoms with Crippen LogP contribution in [0.3, 0.4) is 0 Å². The molecule has 5 nitrogen and oxygen atoms in total. The van der Waals surface area contributed by atoms with E-state index in [1.807, 2.05) is 30.3 Å². The number of benzene rings is 1. The predicted octanol–water partition coefficient (Wildman–Crippen LogP) is 3.01. The summed E-state index contributed by atoms with van der Waals surface area (Å²) in [5.74, 6) is 0. The molecule has 1 heterocycles. The number of hydrogen-bond donors (Lipinski definition) is 0. The van der Waals surface area contributed by atoms with Gasteiger partial charge in [0, 0.05) is 11.0 Å². The normalized spacial score (nSPS) is 9.72. The molecule has 0 bridgehead atoms. The summed E-state index contributed by atoms with van der Waals surface area (Å²) >= 11 is 1.35. The van der Waals surface area contributed by atoms with Crippen molar-refractivity contribution < 1.29 is 4.92 Å². The molecule has 0 radical (unpaired) electrons. The van der Waals surface area contributed by atoms with Crippen molar-refractivity contribution in [1.29, 1.82) is 5.26 Å². The molecule has 1 aromatic heterocycles. The Morgan fingerprint density at radius 3 is 2.56 bits per heavy atom. The van der Waals surface area contributed by atoms with Gasteiger partial charge in [0.1, 0.15) is 11.1 Å². The highest BCUT2D eigenvalue weighted by Gasteiger charge is 2.15. The number of rotatable bonds is 3. The number of hydrogen-bond acceptors (Lipinski definition) is 5. The minimum Gasteiger partial charge on any atom is -0.258 e. The van der Waals surface area contributed by atoms with Gasteiger partial charge in [0.25, 0.3) is 0 Å². The van der Waals surface area contributed by atoms with Crippen molar-refractivity contribution in [2.75, 3.05) is 0 Å². The Morgan fingerprint density at radius 2 is 1.94 bits per heavy atom. The molecular formula is C12H7N3O2S. The van der Waals surface area contributed by atoms with Gasteiger partial charge in [-0.2, -0.15) is 5.26 Å². The smallest absolute Gasteiger partial charge is 0.258 e. The summed E-state index contributed by atoms with van der Waals surface area (Å²) in [5.41, 5.74) is -0.434. The zero-order valence-corrected chi connectivity index (χ0v) is 9.92. The van der Waals surface area contributed by atoms with Crippen LogP contribution in [-0.4, -0.2) is 9.91 Å². The molecule has 0 N–H and O–H groups in total. The van der Waals surface area contributed by atoms with Gasteiger partial charge in [-0.3, -0.25) is 10.1 Å². The van der Waals surface area contributed by atoms with Crippen molar-refractivity contribution in [3.63, 3.8) is 0 Å². The summed E-state index contributed by atoms with van der Waals surface area (Å²) in [6, 6.07) is 14.1. The van der Waals surface area contributed by atoms with Gasteiger partial charge in [-0.1, -0.05) is 30.0 Å². The van der Waals surface area contributed by atoms with Gasteiger partial charge < -0.3 is 0 Å². The zero-order valence-electron chi connectivity index (χ0n) is 9.11. The van der Waals surface area contributed by atoms with Gasteiger partial charge in [-0.05, 0) is 18.2 Å². The van der Waals surface area contributed by atoms with Crippen LogP contribution in [0.2, 0.25) is 0 Å². The highest BCUT2D eigenvalue weighted by Crippen LogP contribution is 2.28. The molecule has 2 rings (SSSR count). The van der Waals surface area contributed by atoms with Crippen molar-refractivity contribution in [2.45, 2.75) is 9.92 Å². The van der Waals surface area contributed by atoms with E-state index in [1.165, 1.54) is 23.9 Å². The first kappa shape index (κ1) is 12.1. The van der Waals surface area contributed by atoms with Crippen LogP contribution in [0.5, 0.6) is 0 Å². The first-order valence-electron chi connectivity index (χ1n) is 4.99. The molecule has 0 aliphatic heterocycles. The molecule has 0 saturated heterocycles. The fourth-order valence-electron chi connectivity index (χ4n) is 1.33. The second-order valence-electron chi connectivity index (χ2n) is 3.30. The summed E-state index contributed by atoms with van der Waals surface area (Å²) < 4.78 is 0. The summed E-state index contributed by atoms with van der Waals surface area (Å²) in [5, 5.41) is 20.0. The maximum atomic E-state index is 10.7. The minimum absolute atomic E-state index is 0.166. The Bertz CT molecular complexity index is 623. The second kappa shape index (κ2) is 5.29. The van der Waals surface area contributed by atoms with Crippen molar-refractivity contribution in [2.24, 2.45) is 0 Å². The van der Waals surface area contributed by atoms with E-state index < -0.39 is 4.92 Å². The Balaban J connectivity index is 2.32. The standard InChI is InChI=1S/C12H7N3O2S/c13-8-10-11(15(16)17)6-7-12(14-10)18-9-4-2-1-3-5-9/h1-7H. The molecule has 2 aromatic rings. The van der Waals surface area contributed by atoms with Crippen molar-refractivity contribution in [3.8, 4) is 6.07 Å². The Hall–Kier alpha value is -2.39. The summed E-state index contributed by atoms with van der Waals surface area (Å²) in [4.78, 5) is 15.0. The van der Waals surface area contributed by atoms with Gasteiger partial charge in [-0.25, -0.2) is 4.98 Å². The SMILES string of the molecule is N#Cc1nc(Sc2ccccc2)ccc1[N+](=O)[O-]. The third-order valence-electron chi connectivity index (χ3n) is 2.12. The van der Waals surface area contributed by atoms with E-state index in [0.29, 0.717) is 5.03 Å². The fourth-order valence-corrected chi connectivity index (χ4v) is 2.14. The van der Waals surface area contributed by atoms with Gasteiger partial charge in [-0.15, -0.1) is 0 Å². The number of nitrogens with zero attached hydrogens (tertiary/aromatic N) is 3. The monoisotopic (exact) mass is 257 g/mol. The molecule has 88 valence electrons. The zero-order chi connectivity index (χ0) is 13.0. The molecular weight excluding hydrogens is 250 g/mol. The number of pyridine rings is 1. The molecule has 0 aliphatic carbocycles. The molecule has 0 unspecified atom stereocenters.